The molecule has 0 saturated carbocycles. The Hall–Kier alpha value is -3.08. The standard InChI is InChI=1S/C22H20FN3O/c1-13-3-2-8-24-18-12-19-17(11-16(13)18)20(22-25-9-10-26-22)21(27-19)14-4-6-15(23)7-5-14/h4-7,9-13,24H,2-3,8H2,1H3,(H,25,26). The van der Waals surface area contributed by atoms with Crippen LogP contribution in [0.5, 0.6) is 0 Å². The van der Waals surface area contributed by atoms with Crippen LogP contribution in [0.2, 0.25) is 0 Å². The number of imidazole rings is 1. The second kappa shape index (κ2) is 6.27. The zero-order chi connectivity index (χ0) is 18.4. The molecule has 2 aromatic carbocycles. The Kier molecular flexibility index (Phi) is 3.74. The lowest BCUT2D eigenvalue weighted by Gasteiger charge is -2.12. The smallest absolute Gasteiger partial charge is 0.146 e. The van der Waals surface area contributed by atoms with Gasteiger partial charge in [-0.05, 0) is 54.7 Å². The summed E-state index contributed by atoms with van der Waals surface area (Å²) in [6, 6.07) is 10.7. The molecule has 27 heavy (non-hydrogen) atoms. The zero-order valence-corrected chi connectivity index (χ0v) is 15.1. The van der Waals surface area contributed by atoms with Crippen LogP contribution < -0.4 is 5.32 Å². The molecule has 5 rings (SSSR count). The van der Waals surface area contributed by atoms with E-state index in [0.717, 1.165) is 53.0 Å². The Morgan fingerprint density at radius 1 is 1.19 bits per heavy atom. The quantitative estimate of drug-likeness (QED) is 0.465. The van der Waals surface area contributed by atoms with Gasteiger partial charge < -0.3 is 14.7 Å². The molecule has 0 saturated heterocycles. The fourth-order valence-corrected chi connectivity index (χ4v) is 3.95. The summed E-state index contributed by atoms with van der Waals surface area (Å²) >= 11 is 0. The monoisotopic (exact) mass is 361 g/mol. The van der Waals surface area contributed by atoms with Crippen LogP contribution in [0.15, 0.2) is 53.2 Å². The van der Waals surface area contributed by atoms with Gasteiger partial charge >= 0.3 is 0 Å². The number of hydrogen-bond acceptors (Lipinski definition) is 3. The van der Waals surface area contributed by atoms with Gasteiger partial charge in [-0.1, -0.05) is 6.92 Å². The van der Waals surface area contributed by atoms with E-state index >= 15 is 0 Å². The number of aromatic nitrogens is 2. The van der Waals surface area contributed by atoms with E-state index in [9.17, 15) is 4.39 Å². The molecule has 1 aliphatic rings. The molecule has 1 unspecified atom stereocenters. The van der Waals surface area contributed by atoms with Crippen molar-refractivity contribution in [2.24, 2.45) is 0 Å². The number of aromatic amines is 1. The van der Waals surface area contributed by atoms with Gasteiger partial charge in [-0.2, -0.15) is 0 Å². The van der Waals surface area contributed by atoms with Gasteiger partial charge in [0, 0.05) is 41.6 Å². The predicted molar refractivity (Wildman–Crippen MR) is 105 cm³/mol. The number of hydrogen-bond donors (Lipinski definition) is 2. The van der Waals surface area contributed by atoms with E-state index in [1.165, 1.54) is 17.7 Å². The second-order valence-corrected chi connectivity index (χ2v) is 7.16. The highest BCUT2D eigenvalue weighted by Gasteiger charge is 2.23. The predicted octanol–water partition coefficient (Wildman–Crippen LogP) is 5.94. The van der Waals surface area contributed by atoms with Crippen LogP contribution in [0, 0.1) is 5.82 Å². The van der Waals surface area contributed by atoms with E-state index in [0.29, 0.717) is 11.7 Å². The molecule has 0 aliphatic carbocycles. The fourth-order valence-electron chi connectivity index (χ4n) is 3.95. The van der Waals surface area contributed by atoms with E-state index in [1.54, 1.807) is 24.5 Å². The summed E-state index contributed by atoms with van der Waals surface area (Å²) in [6.07, 6.45) is 5.85. The number of anilines is 1. The van der Waals surface area contributed by atoms with Gasteiger partial charge in [0.2, 0.25) is 0 Å². The Bertz CT molecular complexity index is 1100. The van der Waals surface area contributed by atoms with Crippen LogP contribution in [0.25, 0.3) is 33.7 Å². The second-order valence-electron chi connectivity index (χ2n) is 7.16. The number of fused-ring (bicyclic) bond motifs is 2. The first-order valence-electron chi connectivity index (χ1n) is 9.30. The maximum atomic E-state index is 13.4. The lowest BCUT2D eigenvalue weighted by atomic mass is 9.94. The van der Waals surface area contributed by atoms with Gasteiger partial charge in [-0.15, -0.1) is 0 Å². The highest BCUT2D eigenvalue weighted by molar-refractivity contribution is 6.01. The van der Waals surface area contributed by atoms with E-state index in [4.69, 9.17) is 4.42 Å². The molecule has 0 spiro atoms. The molecule has 0 bridgehead atoms. The number of halogens is 1. The van der Waals surface area contributed by atoms with Crippen LogP contribution in [0.4, 0.5) is 10.1 Å². The average molecular weight is 361 g/mol. The molecule has 2 aromatic heterocycles. The Balaban J connectivity index is 1.80. The van der Waals surface area contributed by atoms with Crippen LogP contribution >= 0.6 is 0 Å². The van der Waals surface area contributed by atoms with Crippen molar-refractivity contribution in [3.63, 3.8) is 0 Å². The maximum Gasteiger partial charge on any atom is 0.146 e. The summed E-state index contributed by atoms with van der Waals surface area (Å²) in [7, 11) is 0. The van der Waals surface area contributed by atoms with Crippen LogP contribution in [-0.2, 0) is 0 Å². The summed E-state index contributed by atoms with van der Waals surface area (Å²) in [6.45, 7) is 3.24. The zero-order valence-electron chi connectivity index (χ0n) is 15.1. The molecule has 3 heterocycles. The molecule has 2 N–H and O–H groups in total. The average Bonchev–Trinajstić information content (AvgIpc) is 3.27. The molecule has 5 heteroatoms. The number of H-pyrrole nitrogens is 1. The van der Waals surface area contributed by atoms with E-state index in [2.05, 4.69) is 34.3 Å². The third-order valence-corrected chi connectivity index (χ3v) is 5.36. The maximum absolute atomic E-state index is 13.4. The lowest BCUT2D eigenvalue weighted by Crippen LogP contribution is -1.99. The first kappa shape index (κ1) is 16.1. The molecule has 1 aliphatic heterocycles. The van der Waals surface area contributed by atoms with Gasteiger partial charge in [-0.25, -0.2) is 9.37 Å². The van der Waals surface area contributed by atoms with E-state index < -0.39 is 0 Å². The molecule has 0 radical (unpaired) electrons. The molecule has 4 nitrogen and oxygen atoms in total. The number of nitrogens with zero attached hydrogens (tertiary/aromatic N) is 1. The molecule has 1 atom stereocenters. The summed E-state index contributed by atoms with van der Waals surface area (Å²) in [4.78, 5) is 7.65. The number of rotatable bonds is 2. The van der Waals surface area contributed by atoms with Crippen molar-refractivity contribution in [2.75, 3.05) is 11.9 Å². The van der Waals surface area contributed by atoms with Crippen molar-refractivity contribution >= 4 is 16.7 Å². The van der Waals surface area contributed by atoms with E-state index in [-0.39, 0.29) is 5.82 Å². The van der Waals surface area contributed by atoms with Gasteiger partial charge in [-0.3, -0.25) is 0 Å². The van der Waals surface area contributed by atoms with Gasteiger partial charge in [0.1, 0.15) is 23.0 Å². The largest absolute Gasteiger partial charge is 0.455 e. The molecular formula is C22H20FN3O. The summed E-state index contributed by atoms with van der Waals surface area (Å²) < 4.78 is 19.7. The van der Waals surface area contributed by atoms with Crippen molar-refractivity contribution in [1.29, 1.82) is 0 Å². The van der Waals surface area contributed by atoms with Crippen molar-refractivity contribution in [3.8, 4) is 22.7 Å². The molecule has 0 amide bonds. The number of nitrogens with one attached hydrogen (secondary N) is 2. The molecule has 4 aromatic rings. The third kappa shape index (κ3) is 2.70. The third-order valence-electron chi connectivity index (χ3n) is 5.36. The highest BCUT2D eigenvalue weighted by Crippen LogP contribution is 2.43. The summed E-state index contributed by atoms with van der Waals surface area (Å²) in [5.41, 5.74) is 4.99. The van der Waals surface area contributed by atoms with Crippen LogP contribution in [-0.4, -0.2) is 16.5 Å². The first-order chi connectivity index (χ1) is 13.2. The minimum Gasteiger partial charge on any atom is -0.455 e. The van der Waals surface area contributed by atoms with E-state index in [1.807, 2.05) is 0 Å². The Morgan fingerprint density at radius 3 is 2.81 bits per heavy atom. The van der Waals surface area contributed by atoms with Crippen molar-refractivity contribution in [2.45, 2.75) is 25.7 Å². The van der Waals surface area contributed by atoms with Crippen molar-refractivity contribution < 1.29 is 8.81 Å². The molecular weight excluding hydrogens is 341 g/mol. The lowest BCUT2D eigenvalue weighted by molar-refractivity contribution is 0.623. The van der Waals surface area contributed by atoms with Crippen LogP contribution in [0.1, 0.15) is 31.2 Å². The van der Waals surface area contributed by atoms with Gasteiger partial charge in [0.05, 0.1) is 5.56 Å². The Morgan fingerprint density at radius 2 is 2.04 bits per heavy atom. The minimum atomic E-state index is -0.265. The SMILES string of the molecule is CC1CCCNc2cc3oc(-c4ccc(F)cc4)c(-c4ncc[nH]4)c3cc21. The normalized spacial score (nSPS) is 16.7. The highest BCUT2D eigenvalue weighted by atomic mass is 19.1. The minimum absolute atomic E-state index is 0.265. The van der Waals surface area contributed by atoms with Crippen molar-refractivity contribution in [1.82, 2.24) is 9.97 Å². The summed E-state index contributed by atoms with van der Waals surface area (Å²) in [5.74, 6) is 1.67. The van der Waals surface area contributed by atoms with Crippen LogP contribution in [0.3, 0.4) is 0 Å². The molecule has 0 fully saturated rings. The topological polar surface area (TPSA) is 53.9 Å². The Labute approximate surface area is 156 Å². The number of furan rings is 1. The molecule has 136 valence electrons. The van der Waals surface area contributed by atoms with Crippen molar-refractivity contribution in [3.05, 3.63) is 60.2 Å². The summed E-state index contributed by atoms with van der Waals surface area (Å²) in [5, 5.41) is 4.55. The first-order valence-corrected chi connectivity index (χ1v) is 9.30. The fraction of sp³-hybridized carbons (Fsp3) is 0.227. The van der Waals surface area contributed by atoms with Gasteiger partial charge in [0.25, 0.3) is 0 Å². The van der Waals surface area contributed by atoms with Gasteiger partial charge in [0.15, 0.2) is 0 Å². The number of benzene rings is 2.